The summed E-state index contributed by atoms with van der Waals surface area (Å²) in [5.74, 6) is 0.628. The molecule has 2 heterocycles. The Kier molecular flexibility index (Phi) is 6.32. The van der Waals surface area contributed by atoms with E-state index in [0.717, 1.165) is 35.4 Å². The molecule has 0 atom stereocenters. The summed E-state index contributed by atoms with van der Waals surface area (Å²) in [6.45, 7) is 7.25. The molecular formula is C25H32N2O4S. The number of methoxy groups -OCH3 is 1. The van der Waals surface area contributed by atoms with Crippen molar-refractivity contribution < 1.29 is 17.9 Å². The van der Waals surface area contributed by atoms with Gasteiger partial charge in [0.2, 0.25) is 15.9 Å². The number of carbonyl (C=O) groups excluding carboxylic acids is 1. The molecule has 2 aliphatic heterocycles. The molecule has 0 bridgehead atoms. The van der Waals surface area contributed by atoms with Crippen LogP contribution in [0.4, 0.5) is 5.69 Å². The van der Waals surface area contributed by atoms with Gasteiger partial charge in [-0.2, -0.15) is 4.31 Å². The molecule has 0 radical (unpaired) electrons. The van der Waals surface area contributed by atoms with E-state index in [9.17, 15) is 13.2 Å². The lowest BCUT2D eigenvalue weighted by atomic mass is 9.92. The second kappa shape index (κ2) is 8.87. The van der Waals surface area contributed by atoms with E-state index < -0.39 is 10.0 Å². The number of carbonyl (C=O) groups is 1. The number of anilines is 1. The van der Waals surface area contributed by atoms with E-state index in [-0.39, 0.29) is 11.8 Å². The minimum Gasteiger partial charge on any atom is -0.495 e. The van der Waals surface area contributed by atoms with Crippen molar-refractivity contribution in [2.75, 3.05) is 31.6 Å². The number of benzene rings is 2. The number of ether oxygens (including phenoxy) is 1. The van der Waals surface area contributed by atoms with Crippen LogP contribution in [0.25, 0.3) is 0 Å². The monoisotopic (exact) mass is 456 g/mol. The summed E-state index contributed by atoms with van der Waals surface area (Å²) in [4.78, 5) is 15.8. The smallest absolute Gasteiger partial charge is 0.243 e. The lowest BCUT2D eigenvalue weighted by molar-refractivity contribution is -0.123. The molecule has 1 fully saturated rings. The van der Waals surface area contributed by atoms with Gasteiger partial charge >= 0.3 is 0 Å². The van der Waals surface area contributed by atoms with E-state index >= 15 is 0 Å². The second-order valence-corrected chi connectivity index (χ2v) is 10.9. The van der Waals surface area contributed by atoms with Gasteiger partial charge in [-0.15, -0.1) is 0 Å². The first kappa shape index (κ1) is 22.8. The highest BCUT2D eigenvalue weighted by atomic mass is 32.2. The highest BCUT2D eigenvalue weighted by Crippen LogP contribution is 2.40. The summed E-state index contributed by atoms with van der Waals surface area (Å²) in [6, 6.07) is 9.39. The van der Waals surface area contributed by atoms with Crippen LogP contribution >= 0.6 is 0 Å². The first-order chi connectivity index (χ1) is 15.2. The average molecular weight is 457 g/mol. The first-order valence-corrected chi connectivity index (χ1v) is 12.7. The molecule has 1 amide bonds. The third-order valence-electron chi connectivity index (χ3n) is 6.80. The minimum atomic E-state index is -3.56. The van der Waals surface area contributed by atoms with E-state index in [1.54, 1.807) is 13.2 Å². The van der Waals surface area contributed by atoms with Crippen LogP contribution in [0.15, 0.2) is 35.2 Å². The Balaban J connectivity index is 1.51. The van der Waals surface area contributed by atoms with Gasteiger partial charge in [0.1, 0.15) is 5.75 Å². The highest BCUT2D eigenvalue weighted by Gasteiger charge is 2.36. The van der Waals surface area contributed by atoms with Crippen LogP contribution in [-0.4, -0.2) is 45.4 Å². The maximum absolute atomic E-state index is 13.5. The molecule has 0 unspecified atom stereocenters. The molecule has 172 valence electrons. The Labute approximate surface area is 191 Å². The number of hydrogen-bond donors (Lipinski definition) is 0. The van der Waals surface area contributed by atoms with Crippen LogP contribution in [0.1, 0.15) is 41.5 Å². The summed E-state index contributed by atoms with van der Waals surface area (Å²) in [7, 11) is -1.92. The van der Waals surface area contributed by atoms with Gasteiger partial charge in [-0.05, 0) is 75.3 Å². The number of fused-ring (bicyclic) bond motifs is 1. The van der Waals surface area contributed by atoms with Gasteiger partial charge in [0.25, 0.3) is 0 Å². The molecule has 0 spiro atoms. The van der Waals surface area contributed by atoms with Crippen molar-refractivity contribution >= 4 is 21.6 Å². The largest absolute Gasteiger partial charge is 0.495 e. The Morgan fingerprint density at radius 3 is 2.38 bits per heavy atom. The van der Waals surface area contributed by atoms with Crippen LogP contribution in [0.2, 0.25) is 0 Å². The molecule has 0 aromatic heterocycles. The highest BCUT2D eigenvalue weighted by molar-refractivity contribution is 7.89. The fourth-order valence-corrected chi connectivity index (χ4v) is 6.70. The van der Waals surface area contributed by atoms with E-state index in [0.29, 0.717) is 37.4 Å². The zero-order valence-corrected chi connectivity index (χ0v) is 20.2. The lowest BCUT2D eigenvalue weighted by Crippen LogP contribution is -2.46. The molecule has 4 rings (SSSR count). The fourth-order valence-electron chi connectivity index (χ4n) is 5.03. The molecular weight excluding hydrogens is 424 g/mol. The molecule has 6 nitrogen and oxygen atoms in total. The van der Waals surface area contributed by atoms with Gasteiger partial charge in [-0.25, -0.2) is 8.42 Å². The standard InChI is InChI=1S/C25H32N2O4S/c1-17-7-10-23(19(3)16-17)32(29,30)26-14-11-20(12-15-26)25(28)27-13-5-6-21-18(2)8-9-22(31-4)24(21)27/h7-10,16,20H,5-6,11-15H2,1-4H3. The van der Waals surface area contributed by atoms with Gasteiger partial charge in [-0.1, -0.05) is 23.8 Å². The summed E-state index contributed by atoms with van der Waals surface area (Å²) in [6.07, 6.45) is 2.92. The van der Waals surface area contributed by atoms with Gasteiger partial charge in [0.15, 0.2) is 0 Å². The Morgan fingerprint density at radius 1 is 1.00 bits per heavy atom. The molecule has 0 aliphatic carbocycles. The summed E-state index contributed by atoms with van der Waals surface area (Å²) in [5.41, 5.74) is 5.05. The van der Waals surface area contributed by atoms with Gasteiger partial charge in [-0.3, -0.25) is 4.79 Å². The van der Waals surface area contributed by atoms with E-state index in [1.807, 2.05) is 43.0 Å². The predicted octanol–water partition coefficient (Wildman–Crippen LogP) is 4.00. The lowest BCUT2D eigenvalue weighted by Gasteiger charge is -2.37. The van der Waals surface area contributed by atoms with Crippen LogP contribution < -0.4 is 9.64 Å². The molecule has 2 aliphatic rings. The summed E-state index contributed by atoms with van der Waals surface area (Å²) < 4.78 is 33.5. The van der Waals surface area contributed by atoms with Crippen molar-refractivity contribution in [1.82, 2.24) is 4.31 Å². The molecule has 2 aromatic rings. The molecule has 0 saturated carbocycles. The van der Waals surface area contributed by atoms with Crippen molar-refractivity contribution in [1.29, 1.82) is 0 Å². The van der Waals surface area contributed by atoms with E-state index in [1.165, 1.54) is 15.4 Å². The summed E-state index contributed by atoms with van der Waals surface area (Å²) in [5, 5.41) is 0. The zero-order valence-electron chi connectivity index (χ0n) is 19.3. The van der Waals surface area contributed by atoms with Gasteiger partial charge in [0.05, 0.1) is 17.7 Å². The minimum absolute atomic E-state index is 0.0819. The number of nitrogens with zero attached hydrogens (tertiary/aromatic N) is 2. The predicted molar refractivity (Wildman–Crippen MR) is 126 cm³/mol. The number of amides is 1. The van der Waals surface area contributed by atoms with Crippen LogP contribution in [0, 0.1) is 26.7 Å². The number of rotatable bonds is 4. The fraction of sp³-hybridized carbons (Fsp3) is 0.480. The first-order valence-electron chi connectivity index (χ1n) is 11.3. The molecule has 32 heavy (non-hydrogen) atoms. The second-order valence-electron chi connectivity index (χ2n) is 8.95. The van der Waals surface area contributed by atoms with Crippen molar-refractivity contribution in [2.24, 2.45) is 5.92 Å². The maximum atomic E-state index is 13.5. The third-order valence-corrected chi connectivity index (χ3v) is 8.85. The summed E-state index contributed by atoms with van der Waals surface area (Å²) >= 11 is 0. The van der Waals surface area contributed by atoms with Crippen molar-refractivity contribution in [3.8, 4) is 5.75 Å². The van der Waals surface area contributed by atoms with Gasteiger partial charge in [0, 0.05) is 25.6 Å². The normalized spacial score (nSPS) is 17.8. The zero-order chi connectivity index (χ0) is 23.0. The molecule has 1 saturated heterocycles. The molecule has 2 aromatic carbocycles. The van der Waals surface area contributed by atoms with Crippen LogP contribution in [-0.2, 0) is 21.2 Å². The number of piperidine rings is 1. The third kappa shape index (κ3) is 4.04. The Hall–Kier alpha value is -2.38. The number of sulfonamides is 1. The number of hydrogen-bond acceptors (Lipinski definition) is 4. The number of aryl methyl sites for hydroxylation is 3. The van der Waals surface area contributed by atoms with Gasteiger partial charge < -0.3 is 9.64 Å². The average Bonchev–Trinajstić information content (AvgIpc) is 2.78. The van der Waals surface area contributed by atoms with E-state index in [2.05, 4.69) is 6.92 Å². The maximum Gasteiger partial charge on any atom is 0.243 e. The van der Waals surface area contributed by atoms with Crippen LogP contribution in [0.3, 0.4) is 0 Å². The Morgan fingerprint density at radius 2 is 1.72 bits per heavy atom. The molecule has 0 N–H and O–H groups in total. The van der Waals surface area contributed by atoms with Crippen molar-refractivity contribution in [2.45, 2.75) is 51.3 Å². The van der Waals surface area contributed by atoms with Crippen LogP contribution in [0.5, 0.6) is 5.75 Å². The van der Waals surface area contributed by atoms with E-state index in [4.69, 9.17) is 4.74 Å². The topological polar surface area (TPSA) is 66.9 Å². The quantitative estimate of drug-likeness (QED) is 0.698. The Bertz CT molecular complexity index is 1130. The SMILES string of the molecule is COc1ccc(C)c2c1N(C(=O)C1CCN(S(=O)(=O)c3ccc(C)cc3C)CC1)CCC2. The van der Waals surface area contributed by atoms with Crippen molar-refractivity contribution in [3.63, 3.8) is 0 Å². The van der Waals surface area contributed by atoms with Crippen molar-refractivity contribution in [3.05, 3.63) is 52.6 Å². The molecule has 7 heteroatoms.